The van der Waals surface area contributed by atoms with Gasteiger partial charge in [-0.05, 0) is 25.0 Å². The molecular weight excluding hydrogens is 302 g/mol. The van der Waals surface area contributed by atoms with E-state index >= 15 is 0 Å². The molecule has 1 saturated heterocycles. The van der Waals surface area contributed by atoms with Gasteiger partial charge in [-0.1, -0.05) is 18.2 Å². The molecule has 0 aliphatic carbocycles. The van der Waals surface area contributed by atoms with Gasteiger partial charge in [-0.15, -0.1) is 0 Å². The molecule has 1 fully saturated rings. The lowest BCUT2D eigenvalue weighted by molar-refractivity contribution is 0.0725. The molecule has 1 atom stereocenters. The van der Waals surface area contributed by atoms with Gasteiger partial charge in [0, 0.05) is 37.9 Å². The number of benzene rings is 1. The fourth-order valence-electron chi connectivity index (χ4n) is 3.04. The molecule has 0 radical (unpaired) electrons. The van der Waals surface area contributed by atoms with Crippen LogP contribution in [0.1, 0.15) is 12.5 Å². The molecule has 0 spiro atoms. The smallest absolute Gasteiger partial charge is 0.279 e. The molecule has 122 valence electrons. The topological polar surface area (TPSA) is 61.9 Å². The molecule has 22 heavy (non-hydrogen) atoms. The van der Waals surface area contributed by atoms with Crippen molar-refractivity contribution in [2.75, 3.05) is 44.3 Å². The summed E-state index contributed by atoms with van der Waals surface area (Å²) in [7, 11) is -3.41. The second-order valence-electron chi connectivity index (χ2n) is 5.79. The first kappa shape index (κ1) is 15.7. The quantitative estimate of drug-likeness (QED) is 0.861. The van der Waals surface area contributed by atoms with Crippen LogP contribution >= 0.6 is 0 Å². The van der Waals surface area contributed by atoms with Crippen molar-refractivity contribution in [3.05, 3.63) is 29.8 Å². The lowest BCUT2D eigenvalue weighted by Gasteiger charge is -2.30. The van der Waals surface area contributed by atoms with Crippen LogP contribution in [0.3, 0.4) is 0 Å². The van der Waals surface area contributed by atoms with Crippen molar-refractivity contribution in [1.82, 2.24) is 9.03 Å². The molecule has 0 aromatic heterocycles. The Morgan fingerprint density at radius 3 is 2.73 bits per heavy atom. The van der Waals surface area contributed by atoms with Crippen LogP contribution in [0.25, 0.3) is 0 Å². The van der Waals surface area contributed by atoms with E-state index in [2.05, 4.69) is 28.7 Å². The van der Waals surface area contributed by atoms with Crippen molar-refractivity contribution in [3.63, 3.8) is 0 Å². The highest BCUT2D eigenvalue weighted by atomic mass is 32.2. The third kappa shape index (κ3) is 3.27. The van der Waals surface area contributed by atoms with Crippen molar-refractivity contribution in [3.8, 4) is 0 Å². The largest absolute Gasteiger partial charge is 0.379 e. The number of anilines is 1. The average Bonchev–Trinajstić information content (AvgIpc) is 2.98. The first-order chi connectivity index (χ1) is 10.6. The van der Waals surface area contributed by atoms with Gasteiger partial charge < -0.3 is 9.64 Å². The number of morpholine rings is 1. The van der Waals surface area contributed by atoms with Crippen LogP contribution in [0.2, 0.25) is 0 Å². The number of nitrogens with zero attached hydrogens (tertiary/aromatic N) is 2. The van der Waals surface area contributed by atoms with E-state index in [1.165, 1.54) is 15.6 Å². The summed E-state index contributed by atoms with van der Waals surface area (Å²) in [5, 5.41) is 0. The maximum atomic E-state index is 12.3. The third-order valence-corrected chi connectivity index (χ3v) is 5.90. The summed E-state index contributed by atoms with van der Waals surface area (Å²) >= 11 is 0. The number of nitrogens with one attached hydrogen (secondary N) is 1. The molecule has 1 aromatic carbocycles. The van der Waals surface area contributed by atoms with E-state index in [0.29, 0.717) is 32.8 Å². The Balaban J connectivity index is 1.60. The standard InChI is InChI=1S/C15H23N3O3S/c1-13(18-7-6-14-4-2-3-5-15(14)18)12-16-22(19,20)17-8-10-21-11-9-17/h2-5,13,16H,6-12H2,1H3/t13-/m1/s1. The van der Waals surface area contributed by atoms with Gasteiger partial charge in [-0.25, -0.2) is 4.72 Å². The molecule has 2 heterocycles. The zero-order valence-corrected chi connectivity index (χ0v) is 13.7. The predicted octanol–water partition coefficient (Wildman–Crippen LogP) is 0.604. The van der Waals surface area contributed by atoms with E-state index in [-0.39, 0.29) is 6.04 Å². The summed E-state index contributed by atoms with van der Waals surface area (Å²) in [5.41, 5.74) is 2.56. The van der Waals surface area contributed by atoms with Gasteiger partial charge in [-0.3, -0.25) is 0 Å². The van der Waals surface area contributed by atoms with Crippen molar-refractivity contribution in [1.29, 1.82) is 0 Å². The monoisotopic (exact) mass is 325 g/mol. The molecule has 2 aliphatic heterocycles. The van der Waals surface area contributed by atoms with E-state index in [0.717, 1.165) is 13.0 Å². The van der Waals surface area contributed by atoms with Crippen LogP contribution in [0.15, 0.2) is 24.3 Å². The van der Waals surface area contributed by atoms with E-state index in [4.69, 9.17) is 4.74 Å². The summed E-state index contributed by atoms with van der Waals surface area (Å²) in [4.78, 5) is 2.27. The summed E-state index contributed by atoms with van der Waals surface area (Å²) in [5.74, 6) is 0. The van der Waals surface area contributed by atoms with Gasteiger partial charge in [0.15, 0.2) is 0 Å². The van der Waals surface area contributed by atoms with Gasteiger partial charge in [0.2, 0.25) is 0 Å². The SMILES string of the molecule is C[C@H](CNS(=O)(=O)N1CCOCC1)N1CCc2ccccc21. The van der Waals surface area contributed by atoms with Crippen LogP contribution in [0.4, 0.5) is 5.69 Å². The Hall–Kier alpha value is -1.15. The van der Waals surface area contributed by atoms with E-state index in [9.17, 15) is 8.42 Å². The first-order valence-corrected chi connectivity index (χ1v) is 9.19. The van der Waals surface area contributed by atoms with Gasteiger partial charge >= 0.3 is 0 Å². The minimum Gasteiger partial charge on any atom is -0.379 e. The Kier molecular flexibility index (Phi) is 4.67. The minimum atomic E-state index is -3.41. The van der Waals surface area contributed by atoms with E-state index in [1.807, 2.05) is 12.1 Å². The van der Waals surface area contributed by atoms with E-state index < -0.39 is 10.2 Å². The van der Waals surface area contributed by atoms with Gasteiger partial charge in [0.1, 0.15) is 0 Å². The van der Waals surface area contributed by atoms with Crippen LogP contribution < -0.4 is 9.62 Å². The number of rotatable bonds is 5. The van der Waals surface area contributed by atoms with Crippen LogP contribution in [0, 0.1) is 0 Å². The highest BCUT2D eigenvalue weighted by Crippen LogP contribution is 2.28. The number of fused-ring (bicyclic) bond motifs is 1. The van der Waals surface area contributed by atoms with E-state index in [1.54, 1.807) is 0 Å². The molecule has 1 aromatic rings. The van der Waals surface area contributed by atoms with Gasteiger partial charge in [-0.2, -0.15) is 12.7 Å². The summed E-state index contributed by atoms with van der Waals surface area (Å²) in [6.45, 7) is 5.20. The van der Waals surface area contributed by atoms with Crippen LogP contribution in [-0.2, 0) is 21.4 Å². The molecule has 0 unspecified atom stereocenters. The van der Waals surface area contributed by atoms with Crippen LogP contribution in [0.5, 0.6) is 0 Å². The zero-order valence-electron chi connectivity index (χ0n) is 12.9. The fraction of sp³-hybridized carbons (Fsp3) is 0.600. The van der Waals surface area contributed by atoms with Crippen LogP contribution in [-0.4, -0.2) is 58.2 Å². The molecule has 0 saturated carbocycles. The molecule has 2 aliphatic rings. The Morgan fingerprint density at radius 1 is 1.23 bits per heavy atom. The number of hydrogen-bond acceptors (Lipinski definition) is 4. The summed E-state index contributed by atoms with van der Waals surface area (Å²) in [6.07, 6.45) is 1.02. The zero-order chi connectivity index (χ0) is 15.6. The predicted molar refractivity (Wildman–Crippen MR) is 86.3 cm³/mol. The third-order valence-electron chi connectivity index (χ3n) is 4.33. The number of ether oxygens (including phenoxy) is 1. The molecule has 1 N–H and O–H groups in total. The molecule has 6 nitrogen and oxygen atoms in total. The van der Waals surface area contributed by atoms with Gasteiger partial charge in [0.25, 0.3) is 10.2 Å². The molecular formula is C15H23N3O3S. The van der Waals surface area contributed by atoms with Crippen molar-refractivity contribution >= 4 is 15.9 Å². The molecule has 7 heteroatoms. The maximum absolute atomic E-state index is 12.3. The molecule has 0 bridgehead atoms. The average molecular weight is 325 g/mol. The Morgan fingerprint density at radius 2 is 1.95 bits per heavy atom. The Bertz CT molecular complexity index is 614. The fourth-order valence-corrected chi connectivity index (χ4v) is 4.30. The normalized spacial score (nSPS) is 20.9. The number of para-hydroxylation sites is 1. The van der Waals surface area contributed by atoms with Gasteiger partial charge in [0.05, 0.1) is 13.2 Å². The second-order valence-corrected chi connectivity index (χ2v) is 7.54. The second kappa shape index (κ2) is 6.54. The van der Waals surface area contributed by atoms with Crippen molar-refractivity contribution in [2.24, 2.45) is 0 Å². The van der Waals surface area contributed by atoms with Crippen molar-refractivity contribution < 1.29 is 13.2 Å². The van der Waals surface area contributed by atoms with Crippen molar-refractivity contribution in [2.45, 2.75) is 19.4 Å². The summed E-state index contributed by atoms with van der Waals surface area (Å²) < 4.78 is 34.0. The highest BCUT2D eigenvalue weighted by Gasteiger charge is 2.27. The lowest BCUT2D eigenvalue weighted by Crippen LogP contribution is -2.50. The lowest BCUT2D eigenvalue weighted by atomic mass is 10.2. The molecule has 0 amide bonds. The minimum absolute atomic E-state index is 0.125. The first-order valence-electron chi connectivity index (χ1n) is 7.75. The highest BCUT2D eigenvalue weighted by molar-refractivity contribution is 7.87. The molecule has 3 rings (SSSR count). The Labute approximate surface area is 132 Å². The number of hydrogen-bond donors (Lipinski definition) is 1. The summed E-state index contributed by atoms with van der Waals surface area (Å²) in [6, 6.07) is 8.45. The maximum Gasteiger partial charge on any atom is 0.279 e.